The molecule has 2 unspecified atom stereocenters. The van der Waals surface area contributed by atoms with Crippen LogP contribution in [0.25, 0.3) is 0 Å². The number of carbonyl (C=O) groups excluding carboxylic acids is 1. The van der Waals surface area contributed by atoms with Crippen LogP contribution < -0.4 is 10.6 Å². The first-order valence-electron chi connectivity index (χ1n) is 9.88. The second-order valence-corrected chi connectivity index (χ2v) is 8.71. The number of aliphatic imine (C=N–C) groups is 1. The van der Waals surface area contributed by atoms with Crippen molar-refractivity contribution in [3.05, 3.63) is 34.3 Å². The molecule has 4 rings (SSSR count). The topological polar surface area (TPSA) is 60.0 Å². The van der Waals surface area contributed by atoms with Crippen molar-refractivity contribution in [2.75, 3.05) is 39.8 Å². The molecule has 1 aliphatic heterocycles. The van der Waals surface area contributed by atoms with E-state index < -0.39 is 0 Å². The first-order chi connectivity index (χ1) is 13.1. The normalized spacial score (nSPS) is 26.0. The fourth-order valence-corrected chi connectivity index (χ4v) is 3.98. The van der Waals surface area contributed by atoms with Gasteiger partial charge in [-0.1, -0.05) is 28.1 Å². The third kappa shape index (κ3) is 5.02. The summed E-state index contributed by atoms with van der Waals surface area (Å²) in [5.41, 5.74) is 1.39. The van der Waals surface area contributed by atoms with Crippen LogP contribution >= 0.6 is 15.9 Å². The molecule has 7 heteroatoms. The Balaban J connectivity index is 1.22. The molecule has 0 bridgehead atoms. The van der Waals surface area contributed by atoms with Crippen molar-refractivity contribution < 1.29 is 4.79 Å². The average Bonchev–Trinajstić information content (AvgIpc) is 3.58. The number of amides is 1. The van der Waals surface area contributed by atoms with Crippen LogP contribution in [0.15, 0.2) is 33.7 Å². The average molecular weight is 434 g/mol. The molecule has 2 N–H and O–H groups in total. The van der Waals surface area contributed by atoms with Gasteiger partial charge in [-0.05, 0) is 37.0 Å². The van der Waals surface area contributed by atoms with Crippen LogP contribution in [-0.4, -0.2) is 73.5 Å². The van der Waals surface area contributed by atoms with Gasteiger partial charge in [0.15, 0.2) is 5.96 Å². The van der Waals surface area contributed by atoms with Crippen LogP contribution in [0.1, 0.15) is 30.7 Å². The molecule has 2 atom stereocenters. The fraction of sp³-hybridized carbons (Fsp3) is 0.600. The summed E-state index contributed by atoms with van der Waals surface area (Å²) in [6.45, 7) is 4.14. The number of hydrogen-bond acceptors (Lipinski definition) is 3. The molecule has 2 aliphatic carbocycles. The van der Waals surface area contributed by atoms with Gasteiger partial charge < -0.3 is 15.5 Å². The number of benzene rings is 1. The molecule has 0 radical (unpaired) electrons. The molecule has 0 aromatic heterocycles. The standard InChI is InChI=1S/C20H28BrN5O/c1-22-20(24-18-12-17(18)14-2-4-15(21)5-3-14)26-10-8-25(9-11-26)13-19(27)23-16-6-7-16/h2-5,16-18H,6-13H2,1H3,(H,22,24)(H,23,27). The van der Waals surface area contributed by atoms with Crippen LogP contribution in [0.4, 0.5) is 0 Å². The van der Waals surface area contributed by atoms with E-state index in [1.54, 1.807) is 0 Å². The molecule has 27 heavy (non-hydrogen) atoms. The third-order valence-corrected chi connectivity index (χ3v) is 6.13. The van der Waals surface area contributed by atoms with Crippen molar-refractivity contribution in [3.63, 3.8) is 0 Å². The minimum Gasteiger partial charge on any atom is -0.353 e. The zero-order valence-corrected chi connectivity index (χ0v) is 17.4. The van der Waals surface area contributed by atoms with Gasteiger partial charge in [-0.2, -0.15) is 0 Å². The monoisotopic (exact) mass is 433 g/mol. The second-order valence-electron chi connectivity index (χ2n) is 7.80. The highest BCUT2D eigenvalue weighted by molar-refractivity contribution is 9.10. The maximum atomic E-state index is 12.0. The summed E-state index contributed by atoms with van der Waals surface area (Å²) in [7, 11) is 1.86. The minimum absolute atomic E-state index is 0.170. The Kier molecular flexibility index (Phi) is 5.68. The Bertz CT molecular complexity index is 695. The van der Waals surface area contributed by atoms with Gasteiger partial charge in [-0.15, -0.1) is 0 Å². The number of piperazine rings is 1. The minimum atomic E-state index is 0.170. The lowest BCUT2D eigenvalue weighted by molar-refractivity contribution is -0.122. The smallest absolute Gasteiger partial charge is 0.234 e. The number of guanidine groups is 1. The van der Waals surface area contributed by atoms with Crippen molar-refractivity contribution in [1.29, 1.82) is 0 Å². The summed E-state index contributed by atoms with van der Waals surface area (Å²) >= 11 is 3.50. The number of carbonyl (C=O) groups is 1. The highest BCUT2D eigenvalue weighted by Crippen LogP contribution is 2.41. The van der Waals surface area contributed by atoms with E-state index in [-0.39, 0.29) is 5.91 Å². The lowest BCUT2D eigenvalue weighted by atomic mass is 10.1. The van der Waals surface area contributed by atoms with Gasteiger partial charge in [0.1, 0.15) is 0 Å². The van der Waals surface area contributed by atoms with Crippen LogP contribution in [0.3, 0.4) is 0 Å². The Morgan fingerprint density at radius 1 is 1.15 bits per heavy atom. The second kappa shape index (κ2) is 8.19. The summed E-state index contributed by atoms with van der Waals surface area (Å²) in [6.07, 6.45) is 3.44. The van der Waals surface area contributed by atoms with Crippen LogP contribution in [-0.2, 0) is 4.79 Å². The molecular weight excluding hydrogens is 406 g/mol. The molecule has 0 spiro atoms. The van der Waals surface area contributed by atoms with E-state index in [2.05, 4.69) is 65.6 Å². The summed E-state index contributed by atoms with van der Waals surface area (Å²) in [5.74, 6) is 1.73. The molecule has 3 fully saturated rings. The molecule has 2 saturated carbocycles. The van der Waals surface area contributed by atoms with Crippen LogP contribution in [0, 0.1) is 0 Å². The Labute approximate surface area is 169 Å². The zero-order valence-electron chi connectivity index (χ0n) is 15.8. The van der Waals surface area contributed by atoms with Crippen LogP contribution in [0.5, 0.6) is 0 Å². The van der Waals surface area contributed by atoms with E-state index in [9.17, 15) is 4.79 Å². The van der Waals surface area contributed by atoms with Gasteiger partial charge in [0.2, 0.25) is 5.91 Å². The number of rotatable bonds is 5. The number of nitrogens with zero attached hydrogens (tertiary/aromatic N) is 3. The van der Waals surface area contributed by atoms with Gasteiger partial charge >= 0.3 is 0 Å². The van der Waals surface area contributed by atoms with Gasteiger partial charge in [-0.3, -0.25) is 14.7 Å². The Morgan fingerprint density at radius 3 is 2.48 bits per heavy atom. The summed E-state index contributed by atoms with van der Waals surface area (Å²) in [5, 5.41) is 6.70. The molecule has 146 valence electrons. The zero-order chi connectivity index (χ0) is 18.8. The van der Waals surface area contributed by atoms with E-state index in [1.807, 2.05) is 7.05 Å². The molecule has 3 aliphatic rings. The van der Waals surface area contributed by atoms with Gasteiger partial charge in [0, 0.05) is 55.7 Å². The summed E-state index contributed by atoms with van der Waals surface area (Å²) in [6, 6.07) is 9.53. The predicted molar refractivity (Wildman–Crippen MR) is 111 cm³/mol. The Morgan fingerprint density at radius 2 is 1.85 bits per heavy atom. The SMILES string of the molecule is CN=C(NC1CC1c1ccc(Br)cc1)N1CCN(CC(=O)NC2CC2)CC1. The molecule has 1 heterocycles. The number of nitrogens with one attached hydrogen (secondary N) is 2. The highest BCUT2D eigenvalue weighted by atomic mass is 79.9. The maximum absolute atomic E-state index is 12.0. The van der Waals surface area contributed by atoms with Crippen molar-refractivity contribution in [2.45, 2.75) is 37.3 Å². The first-order valence-corrected chi connectivity index (χ1v) is 10.7. The van der Waals surface area contributed by atoms with E-state index in [0.717, 1.165) is 55.9 Å². The van der Waals surface area contributed by atoms with Crippen LogP contribution in [0.2, 0.25) is 0 Å². The predicted octanol–water partition coefficient (Wildman–Crippen LogP) is 1.78. The lowest BCUT2D eigenvalue weighted by Crippen LogP contribution is -2.54. The van der Waals surface area contributed by atoms with Crippen molar-refractivity contribution in [2.24, 2.45) is 4.99 Å². The van der Waals surface area contributed by atoms with E-state index in [4.69, 9.17) is 0 Å². The first kappa shape index (κ1) is 18.7. The summed E-state index contributed by atoms with van der Waals surface area (Å²) in [4.78, 5) is 21.0. The molecular formula is C20H28BrN5O. The Hall–Kier alpha value is -1.60. The maximum Gasteiger partial charge on any atom is 0.234 e. The molecule has 1 aromatic rings. The largest absolute Gasteiger partial charge is 0.353 e. The third-order valence-electron chi connectivity index (χ3n) is 5.60. The lowest BCUT2D eigenvalue weighted by Gasteiger charge is -2.36. The van der Waals surface area contributed by atoms with Crippen molar-refractivity contribution in [3.8, 4) is 0 Å². The quantitative estimate of drug-likeness (QED) is 0.548. The molecule has 1 aromatic carbocycles. The van der Waals surface area contributed by atoms with E-state index >= 15 is 0 Å². The highest BCUT2D eigenvalue weighted by Gasteiger charge is 2.39. The molecule has 1 amide bonds. The van der Waals surface area contributed by atoms with E-state index in [1.165, 1.54) is 5.56 Å². The van der Waals surface area contributed by atoms with Crippen molar-refractivity contribution >= 4 is 27.8 Å². The fourth-order valence-electron chi connectivity index (χ4n) is 3.72. The van der Waals surface area contributed by atoms with Gasteiger partial charge in [0.25, 0.3) is 0 Å². The summed E-state index contributed by atoms with van der Waals surface area (Å²) < 4.78 is 1.12. The number of hydrogen-bond donors (Lipinski definition) is 2. The van der Waals surface area contributed by atoms with Gasteiger partial charge in [0.05, 0.1) is 6.54 Å². The number of halogens is 1. The molecule has 1 saturated heterocycles. The van der Waals surface area contributed by atoms with Gasteiger partial charge in [-0.25, -0.2) is 0 Å². The van der Waals surface area contributed by atoms with E-state index in [0.29, 0.717) is 24.5 Å². The van der Waals surface area contributed by atoms with Crippen molar-refractivity contribution in [1.82, 2.24) is 20.4 Å². The molecule has 6 nitrogen and oxygen atoms in total.